The van der Waals surface area contributed by atoms with Crippen molar-refractivity contribution in [3.05, 3.63) is 247 Å². The molecule has 0 saturated heterocycles. The molecule has 0 amide bonds. The summed E-state index contributed by atoms with van der Waals surface area (Å²) in [5.74, 6) is 16.1. The molecule has 0 N–H and O–H groups in total. The first-order chi connectivity index (χ1) is 25.6. The zero-order valence-corrected chi connectivity index (χ0v) is 29.2. The quantitative estimate of drug-likeness (QED) is 0.142. The molecule has 0 heterocycles. The minimum absolute atomic E-state index is 0.125. The van der Waals surface area contributed by atoms with Crippen LogP contribution in [-0.2, 0) is 10.8 Å². The first kappa shape index (κ1) is 29.4. The van der Waals surface area contributed by atoms with E-state index in [1.807, 2.05) is 6.07 Å². The summed E-state index contributed by atoms with van der Waals surface area (Å²) in [4.78, 5) is 0. The Morgan fingerprint density at radius 2 is 0.846 bits per heavy atom. The van der Waals surface area contributed by atoms with Crippen molar-refractivity contribution in [2.45, 2.75) is 36.5 Å². The molecule has 7 aromatic carbocycles. The summed E-state index contributed by atoms with van der Waals surface area (Å²) in [5, 5.41) is 0. The van der Waals surface area contributed by atoms with Gasteiger partial charge in [-0.2, -0.15) is 0 Å². The van der Waals surface area contributed by atoms with E-state index in [2.05, 4.69) is 189 Å². The van der Waals surface area contributed by atoms with Gasteiger partial charge in [0.15, 0.2) is 0 Å². The van der Waals surface area contributed by atoms with Crippen molar-refractivity contribution in [2.75, 3.05) is 0 Å². The van der Waals surface area contributed by atoms with E-state index in [0.717, 1.165) is 11.1 Å². The molecule has 13 rings (SSSR count). The molecule has 0 aliphatic heterocycles. The number of aryl methyl sites for hydroxylation is 2. The highest BCUT2D eigenvalue weighted by molar-refractivity contribution is 5.82. The highest BCUT2D eigenvalue weighted by Gasteiger charge is 2.55. The Bertz CT molecular complexity index is 2700. The SMILES string of the molecule is Cc1ccc(C)c2c1C1c3ccccc3C2(C#CC23c4ccccc4C(c4ccccc42)c2cccc(C#Cc4ccccc4)c23)c2ccccc21. The Morgan fingerprint density at radius 3 is 1.42 bits per heavy atom. The van der Waals surface area contributed by atoms with Crippen LogP contribution in [0.15, 0.2) is 158 Å². The zero-order valence-electron chi connectivity index (χ0n) is 29.2. The third-order valence-corrected chi connectivity index (χ3v) is 12.4. The Hall–Kier alpha value is -6.34. The predicted octanol–water partition coefficient (Wildman–Crippen LogP) is 10.7. The summed E-state index contributed by atoms with van der Waals surface area (Å²) in [6.45, 7) is 4.57. The van der Waals surface area contributed by atoms with Gasteiger partial charge in [-0.3, -0.25) is 0 Å². The molecule has 6 aliphatic carbocycles. The molecular weight excluding hydrogens is 625 g/mol. The number of hydrogen-bond donors (Lipinski definition) is 0. The van der Waals surface area contributed by atoms with Crippen LogP contribution < -0.4 is 0 Å². The lowest BCUT2D eigenvalue weighted by atomic mass is 9.50. The van der Waals surface area contributed by atoms with Gasteiger partial charge in [-0.25, -0.2) is 0 Å². The van der Waals surface area contributed by atoms with Gasteiger partial charge in [0.25, 0.3) is 0 Å². The van der Waals surface area contributed by atoms with Gasteiger partial charge in [-0.15, -0.1) is 0 Å². The van der Waals surface area contributed by atoms with Gasteiger partial charge in [-0.05, 0) is 110 Å². The standard InChI is InChI=1S/C52H34/c1-33-27-28-34(2)49-46(33)48-39-20-8-12-25-44(39)51(49,45-26-13-9-21-40(45)48)31-32-52-42-23-10-6-18-37(42)47(38-19-7-11-24-43(38)52)41-22-14-17-36(50(41)52)30-29-35-15-4-3-5-16-35/h3-28,47-48H,1-2H3. The van der Waals surface area contributed by atoms with Crippen molar-refractivity contribution in [1.29, 1.82) is 0 Å². The van der Waals surface area contributed by atoms with Crippen molar-refractivity contribution >= 4 is 0 Å². The Morgan fingerprint density at radius 1 is 0.385 bits per heavy atom. The average Bonchev–Trinajstić information content (AvgIpc) is 3.21. The van der Waals surface area contributed by atoms with Crippen LogP contribution in [-0.4, -0.2) is 0 Å². The van der Waals surface area contributed by atoms with Gasteiger partial charge in [0.05, 0.1) is 0 Å². The third kappa shape index (κ3) is 3.60. The van der Waals surface area contributed by atoms with Gasteiger partial charge in [-0.1, -0.05) is 163 Å². The molecule has 242 valence electrons. The van der Waals surface area contributed by atoms with Crippen molar-refractivity contribution in [1.82, 2.24) is 0 Å². The lowest BCUT2D eigenvalue weighted by Gasteiger charge is -2.51. The fourth-order valence-electron chi connectivity index (χ4n) is 10.4. The van der Waals surface area contributed by atoms with Crippen LogP contribution in [0.25, 0.3) is 0 Å². The Labute approximate surface area is 305 Å². The zero-order chi connectivity index (χ0) is 34.6. The predicted molar refractivity (Wildman–Crippen MR) is 210 cm³/mol. The van der Waals surface area contributed by atoms with Crippen molar-refractivity contribution in [3.63, 3.8) is 0 Å². The van der Waals surface area contributed by atoms with Gasteiger partial charge in [0.1, 0.15) is 10.8 Å². The minimum Gasteiger partial charge on any atom is -0.0802 e. The summed E-state index contributed by atoms with van der Waals surface area (Å²) in [6, 6.07) is 58.0. The normalized spacial score (nSPS) is 21.5. The van der Waals surface area contributed by atoms with E-state index in [1.54, 1.807) is 0 Å². The second kappa shape index (κ2) is 10.6. The topological polar surface area (TPSA) is 0 Å². The number of benzene rings is 7. The molecule has 7 aromatic rings. The summed E-state index contributed by atoms with van der Waals surface area (Å²) in [6.07, 6.45) is 0. The fraction of sp³-hybridized carbons (Fsp3) is 0.115. The van der Waals surface area contributed by atoms with Crippen LogP contribution in [0.5, 0.6) is 0 Å². The van der Waals surface area contributed by atoms with Gasteiger partial charge < -0.3 is 0 Å². The second-order valence-corrected chi connectivity index (χ2v) is 14.8. The van der Waals surface area contributed by atoms with Crippen LogP contribution >= 0.6 is 0 Å². The smallest absolute Gasteiger partial charge is 0.0802 e. The molecule has 0 heteroatoms. The van der Waals surface area contributed by atoms with Crippen LogP contribution in [0.4, 0.5) is 0 Å². The molecule has 0 nitrogen and oxygen atoms in total. The van der Waals surface area contributed by atoms with Crippen LogP contribution in [0.1, 0.15) is 101 Å². The highest BCUT2D eigenvalue weighted by Crippen LogP contribution is 2.62. The monoisotopic (exact) mass is 658 g/mol. The van der Waals surface area contributed by atoms with Crippen LogP contribution in [0.3, 0.4) is 0 Å². The Kier molecular flexibility index (Phi) is 5.99. The first-order valence-corrected chi connectivity index (χ1v) is 18.4. The van der Waals surface area contributed by atoms with E-state index in [4.69, 9.17) is 0 Å². The van der Waals surface area contributed by atoms with Gasteiger partial charge in [0, 0.05) is 23.0 Å². The van der Waals surface area contributed by atoms with Gasteiger partial charge in [0.2, 0.25) is 0 Å². The van der Waals surface area contributed by atoms with Crippen molar-refractivity contribution < 1.29 is 0 Å². The molecule has 0 unspecified atom stereocenters. The van der Waals surface area contributed by atoms with E-state index in [-0.39, 0.29) is 11.8 Å². The lowest BCUT2D eigenvalue weighted by molar-refractivity contribution is 0.643. The third-order valence-electron chi connectivity index (χ3n) is 12.4. The Balaban J connectivity index is 1.30. The first-order valence-electron chi connectivity index (χ1n) is 18.4. The fourth-order valence-corrected chi connectivity index (χ4v) is 10.4. The van der Waals surface area contributed by atoms with E-state index < -0.39 is 10.8 Å². The summed E-state index contributed by atoms with van der Waals surface area (Å²) in [5.41, 5.74) is 19.2. The second-order valence-electron chi connectivity index (χ2n) is 14.8. The maximum Gasteiger partial charge on any atom is 0.108 e. The summed E-state index contributed by atoms with van der Waals surface area (Å²) < 4.78 is 0. The molecular formula is C52H34. The van der Waals surface area contributed by atoms with Crippen molar-refractivity contribution in [2.24, 2.45) is 0 Å². The molecule has 0 aromatic heterocycles. The minimum atomic E-state index is -0.732. The van der Waals surface area contributed by atoms with Crippen LogP contribution in [0.2, 0.25) is 0 Å². The maximum atomic E-state index is 4.27. The molecule has 52 heavy (non-hydrogen) atoms. The summed E-state index contributed by atoms with van der Waals surface area (Å²) >= 11 is 0. The average molecular weight is 659 g/mol. The summed E-state index contributed by atoms with van der Waals surface area (Å²) in [7, 11) is 0. The van der Waals surface area contributed by atoms with Gasteiger partial charge >= 0.3 is 0 Å². The molecule has 0 saturated carbocycles. The maximum absolute atomic E-state index is 4.27. The van der Waals surface area contributed by atoms with E-state index in [1.165, 1.54) is 77.9 Å². The highest BCUT2D eigenvalue weighted by atomic mass is 14.6. The van der Waals surface area contributed by atoms with Crippen molar-refractivity contribution in [3.8, 4) is 23.7 Å². The molecule has 0 atom stereocenters. The molecule has 0 fully saturated rings. The van der Waals surface area contributed by atoms with E-state index in [0.29, 0.717) is 0 Å². The molecule has 0 spiro atoms. The number of rotatable bonds is 0. The molecule has 4 bridgehead atoms. The van der Waals surface area contributed by atoms with Crippen LogP contribution in [0, 0.1) is 37.5 Å². The van der Waals surface area contributed by atoms with E-state index in [9.17, 15) is 0 Å². The molecule has 0 radical (unpaired) electrons. The lowest BCUT2D eigenvalue weighted by Crippen LogP contribution is -2.44. The largest absolute Gasteiger partial charge is 0.108 e. The molecule has 6 aliphatic rings. The van der Waals surface area contributed by atoms with E-state index >= 15 is 0 Å². The number of hydrogen-bond acceptors (Lipinski definition) is 0.